The molecule has 0 fully saturated rings. The first-order chi connectivity index (χ1) is 14.4. The molecule has 0 saturated heterocycles. The number of halogens is 1. The standard InChI is InChI=1S/C25H21FN2O2/c1-16-8-13-21(17(2)14-16)27-23-22(19-6-4-3-5-7-19)24(29)28(25(23)30)15-18-9-11-20(26)12-10-18/h3-14,27H,15H2,1-2H3. The minimum Gasteiger partial charge on any atom is -0.350 e. The van der Waals surface area contributed by atoms with Crippen LogP contribution in [0.15, 0.2) is 78.5 Å². The van der Waals surface area contributed by atoms with E-state index in [1.807, 2.05) is 62.4 Å². The predicted molar refractivity (Wildman–Crippen MR) is 115 cm³/mol. The van der Waals surface area contributed by atoms with Crippen molar-refractivity contribution in [3.63, 3.8) is 0 Å². The van der Waals surface area contributed by atoms with Crippen molar-refractivity contribution in [1.82, 2.24) is 4.90 Å². The summed E-state index contributed by atoms with van der Waals surface area (Å²) in [7, 11) is 0. The van der Waals surface area contributed by atoms with E-state index in [1.54, 1.807) is 12.1 Å². The summed E-state index contributed by atoms with van der Waals surface area (Å²) in [6.07, 6.45) is 0. The molecule has 5 heteroatoms. The van der Waals surface area contributed by atoms with E-state index in [4.69, 9.17) is 0 Å². The molecule has 3 aromatic carbocycles. The molecule has 1 heterocycles. The first-order valence-electron chi connectivity index (χ1n) is 9.68. The summed E-state index contributed by atoms with van der Waals surface area (Å²) in [4.78, 5) is 27.7. The average molecular weight is 400 g/mol. The molecule has 0 saturated carbocycles. The van der Waals surface area contributed by atoms with Crippen molar-refractivity contribution >= 4 is 23.1 Å². The van der Waals surface area contributed by atoms with Gasteiger partial charge in [0.1, 0.15) is 11.5 Å². The SMILES string of the molecule is Cc1ccc(NC2=C(c3ccccc3)C(=O)N(Cc3ccc(F)cc3)C2=O)c(C)c1. The Morgan fingerprint density at radius 2 is 1.57 bits per heavy atom. The summed E-state index contributed by atoms with van der Waals surface area (Å²) in [5.41, 5.74) is 4.80. The Morgan fingerprint density at radius 1 is 0.867 bits per heavy atom. The van der Waals surface area contributed by atoms with E-state index in [1.165, 1.54) is 17.0 Å². The summed E-state index contributed by atoms with van der Waals surface area (Å²) in [5, 5.41) is 3.20. The van der Waals surface area contributed by atoms with E-state index >= 15 is 0 Å². The number of nitrogens with zero attached hydrogens (tertiary/aromatic N) is 1. The number of nitrogens with one attached hydrogen (secondary N) is 1. The number of benzene rings is 3. The highest BCUT2D eigenvalue weighted by Gasteiger charge is 2.39. The van der Waals surface area contributed by atoms with Crippen LogP contribution < -0.4 is 5.32 Å². The normalized spacial score (nSPS) is 13.9. The third-order valence-corrected chi connectivity index (χ3v) is 5.13. The maximum absolute atomic E-state index is 13.3. The van der Waals surface area contributed by atoms with Crippen LogP contribution in [0.5, 0.6) is 0 Å². The lowest BCUT2D eigenvalue weighted by Gasteiger charge is -2.16. The summed E-state index contributed by atoms with van der Waals surface area (Å²) in [5.74, 6) is -1.14. The van der Waals surface area contributed by atoms with E-state index in [-0.39, 0.29) is 24.0 Å². The maximum atomic E-state index is 13.3. The van der Waals surface area contributed by atoms with Gasteiger partial charge in [-0.25, -0.2) is 4.39 Å². The second-order valence-corrected chi connectivity index (χ2v) is 7.38. The fourth-order valence-electron chi connectivity index (χ4n) is 3.57. The van der Waals surface area contributed by atoms with Gasteiger partial charge in [0.05, 0.1) is 12.1 Å². The van der Waals surface area contributed by atoms with E-state index in [0.29, 0.717) is 16.7 Å². The highest BCUT2D eigenvalue weighted by Crippen LogP contribution is 2.32. The summed E-state index contributed by atoms with van der Waals surface area (Å²) in [6, 6.07) is 20.8. The molecule has 4 rings (SSSR count). The maximum Gasteiger partial charge on any atom is 0.278 e. The minimum absolute atomic E-state index is 0.0757. The van der Waals surface area contributed by atoms with Crippen molar-refractivity contribution in [3.05, 3.63) is 107 Å². The fourth-order valence-corrected chi connectivity index (χ4v) is 3.57. The van der Waals surface area contributed by atoms with Gasteiger partial charge in [-0.1, -0.05) is 60.2 Å². The van der Waals surface area contributed by atoms with Crippen molar-refractivity contribution < 1.29 is 14.0 Å². The van der Waals surface area contributed by atoms with Crippen LogP contribution in [0.25, 0.3) is 5.57 Å². The number of amides is 2. The Labute approximate surface area is 174 Å². The highest BCUT2D eigenvalue weighted by molar-refractivity contribution is 6.36. The molecule has 3 aromatic rings. The van der Waals surface area contributed by atoms with Gasteiger partial charge in [0, 0.05) is 5.69 Å². The lowest BCUT2D eigenvalue weighted by atomic mass is 10.0. The lowest BCUT2D eigenvalue weighted by Crippen LogP contribution is -2.32. The van der Waals surface area contributed by atoms with Crippen molar-refractivity contribution in [3.8, 4) is 0 Å². The molecule has 0 atom stereocenters. The third-order valence-electron chi connectivity index (χ3n) is 5.13. The molecular weight excluding hydrogens is 379 g/mol. The molecule has 2 amide bonds. The number of imide groups is 1. The van der Waals surface area contributed by atoms with Gasteiger partial charge in [0.2, 0.25) is 0 Å². The van der Waals surface area contributed by atoms with Crippen LogP contribution in [0, 0.1) is 19.7 Å². The van der Waals surface area contributed by atoms with Gasteiger partial charge in [-0.2, -0.15) is 0 Å². The highest BCUT2D eigenvalue weighted by atomic mass is 19.1. The zero-order chi connectivity index (χ0) is 21.3. The minimum atomic E-state index is -0.400. The predicted octanol–water partition coefficient (Wildman–Crippen LogP) is 4.83. The van der Waals surface area contributed by atoms with Crippen LogP contribution in [-0.2, 0) is 16.1 Å². The third kappa shape index (κ3) is 3.74. The van der Waals surface area contributed by atoms with Crippen LogP contribution in [-0.4, -0.2) is 16.7 Å². The van der Waals surface area contributed by atoms with Gasteiger partial charge in [-0.05, 0) is 48.7 Å². The number of carbonyl (C=O) groups is 2. The zero-order valence-electron chi connectivity index (χ0n) is 16.8. The van der Waals surface area contributed by atoms with Gasteiger partial charge in [-0.15, -0.1) is 0 Å². The molecule has 1 N–H and O–H groups in total. The van der Waals surface area contributed by atoms with Gasteiger partial charge >= 0.3 is 0 Å². The van der Waals surface area contributed by atoms with Crippen LogP contribution >= 0.6 is 0 Å². The number of anilines is 1. The molecular formula is C25H21FN2O2. The molecule has 150 valence electrons. The molecule has 0 bridgehead atoms. The Kier molecular flexibility index (Phi) is 5.19. The quantitative estimate of drug-likeness (QED) is 0.624. The molecule has 0 aliphatic carbocycles. The van der Waals surface area contributed by atoms with Gasteiger partial charge in [0.25, 0.3) is 11.8 Å². The topological polar surface area (TPSA) is 49.4 Å². The number of aryl methyl sites for hydroxylation is 2. The fraction of sp³-hybridized carbons (Fsp3) is 0.120. The first-order valence-corrected chi connectivity index (χ1v) is 9.68. The molecule has 1 aliphatic rings. The smallest absolute Gasteiger partial charge is 0.278 e. The van der Waals surface area contributed by atoms with E-state index in [9.17, 15) is 14.0 Å². The number of hydrogen-bond acceptors (Lipinski definition) is 3. The molecule has 0 spiro atoms. The van der Waals surface area contributed by atoms with Crippen molar-refractivity contribution in [2.24, 2.45) is 0 Å². The largest absolute Gasteiger partial charge is 0.350 e. The number of carbonyl (C=O) groups excluding carboxylic acids is 2. The number of rotatable bonds is 5. The van der Waals surface area contributed by atoms with Gasteiger partial charge < -0.3 is 5.32 Å². The summed E-state index contributed by atoms with van der Waals surface area (Å²) in [6.45, 7) is 4.03. The molecule has 0 radical (unpaired) electrons. The Morgan fingerprint density at radius 3 is 2.23 bits per heavy atom. The summed E-state index contributed by atoms with van der Waals surface area (Å²) >= 11 is 0. The number of hydrogen-bond donors (Lipinski definition) is 1. The second kappa shape index (κ2) is 7.95. The zero-order valence-corrected chi connectivity index (χ0v) is 16.8. The summed E-state index contributed by atoms with van der Waals surface area (Å²) < 4.78 is 13.2. The van der Waals surface area contributed by atoms with Crippen LogP contribution in [0.1, 0.15) is 22.3 Å². The lowest BCUT2D eigenvalue weighted by molar-refractivity contribution is -0.137. The van der Waals surface area contributed by atoms with E-state index in [0.717, 1.165) is 16.8 Å². The van der Waals surface area contributed by atoms with Crippen LogP contribution in [0.4, 0.5) is 10.1 Å². The van der Waals surface area contributed by atoms with E-state index in [2.05, 4.69) is 5.32 Å². The van der Waals surface area contributed by atoms with Crippen molar-refractivity contribution in [2.45, 2.75) is 20.4 Å². The van der Waals surface area contributed by atoms with Crippen molar-refractivity contribution in [2.75, 3.05) is 5.32 Å². The second-order valence-electron chi connectivity index (χ2n) is 7.38. The first kappa shape index (κ1) is 19.6. The Bertz CT molecular complexity index is 1150. The van der Waals surface area contributed by atoms with Crippen LogP contribution in [0.3, 0.4) is 0 Å². The Balaban J connectivity index is 1.74. The molecule has 1 aliphatic heterocycles. The molecule has 0 aromatic heterocycles. The average Bonchev–Trinajstić information content (AvgIpc) is 2.96. The van der Waals surface area contributed by atoms with Crippen LogP contribution in [0.2, 0.25) is 0 Å². The Hall–Kier alpha value is -3.73. The van der Waals surface area contributed by atoms with Crippen molar-refractivity contribution in [1.29, 1.82) is 0 Å². The van der Waals surface area contributed by atoms with Gasteiger partial charge in [-0.3, -0.25) is 14.5 Å². The van der Waals surface area contributed by atoms with Gasteiger partial charge in [0.15, 0.2) is 0 Å². The van der Waals surface area contributed by atoms with E-state index < -0.39 is 5.91 Å². The monoisotopic (exact) mass is 400 g/mol. The molecule has 4 nitrogen and oxygen atoms in total. The molecule has 0 unspecified atom stereocenters. The molecule has 30 heavy (non-hydrogen) atoms.